The van der Waals surface area contributed by atoms with Crippen molar-refractivity contribution in [2.45, 2.75) is 26.7 Å². The van der Waals surface area contributed by atoms with E-state index in [0.717, 1.165) is 19.1 Å². The molecule has 3 nitrogen and oxygen atoms in total. The molecule has 0 aliphatic heterocycles. The number of unbranched alkanes of at least 4 members (excludes halogenated alkanes) is 1. The minimum Gasteiger partial charge on any atom is -0.374 e. The minimum absolute atomic E-state index is 0.213. The van der Waals surface area contributed by atoms with Gasteiger partial charge in [0.25, 0.3) is 0 Å². The molecule has 0 spiro atoms. The molecule has 0 radical (unpaired) electrons. The molecule has 68 valence electrons. The number of carbonyl (C=O) groups is 1. The number of aldehydes is 1. The van der Waals surface area contributed by atoms with Crippen molar-refractivity contribution < 1.29 is 9.53 Å². The summed E-state index contributed by atoms with van der Waals surface area (Å²) in [5.74, 6) is 0. The molecule has 0 aliphatic rings. The van der Waals surface area contributed by atoms with E-state index in [9.17, 15) is 4.79 Å². The number of hydrogen-bond donors (Lipinski definition) is 1. The van der Waals surface area contributed by atoms with E-state index in [1.807, 2.05) is 13.8 Å². The average Bonchev–Trinajstić information content (AvgIpc) is 2.08. The molecular formula is C8H19NO2. The van der Waals surface area contributed by atoms with Crippen molar-refractivity contribution in [2.75, 3.05) is 19.8 Å². The van der Waals surface area contributed by atoms with E-state index in [0.29, 0.717) is 13.2 Å². The summed E-state index contributed by atoms with van der Waals surface area (Å²) in [7, 11) is 0. The van der Waals surface area contributed by atoms with Crippen LogP contribution < -0.4 is 5.73 Å². The Kier molecular flexibility index (Phi) is 19.6. The van der Waals surface area contributed by atoms with Gasteiger partial charge in [-0.1, -0.05) is 13.8 Å². The fraction of sp³-hybridized carbons (Fsp3) is 0.875. The minimum atomic E-state index is 0.213. The van der Waals surface area contributed by atoms with E-state index >= 15 is 0 Å². The number of carbonyl (C=O) groups excluding carboxylic acids is 1. The normalized spacial score (nSPS) is 8.27. The van der Waals surface area contributed by atoms with Gasteiger partial charge < -0.3 is 15.3 Å². The van der Waals surface area contributed by atoms with Crippen molar-refractivity contribution in [3.63, 3.8) is 0 Å². The molecule has 0 rings (SSSR count). The molecule has 0 aromatic heterocycles. The first kappa shape index (κ1) is 13.2. The third-order valence-corrected chi connectivity index (χ3v) is 0.929. The highest BCUT2D eigenvalue weighted by atomic mass is 16.5. The fourth-order valence-corrected chi connectivity index (χ4v) is 0.480. The molecule has 11 heavy (non-hydrogen) atoms. The Hall–Kier alpha value is -0.410. The van der Waals surface area contributed by atoms with Crippen molar-refractivity contribution in [3.8, 4) is 0 Å². The SMILES string of the molecule is CC.NCCCCOCC=O. The molecule has 0 bridgehead atoms. The summed E-state index contributed by atoms with van der Waals surface area (Å²) in [6.45, 7) is 5.56. The Morgan fingerprint density at radius 1 is 1.36 bits per heavy atom. The highest BCUT2D eigenvalue weighted by molar-refractivity contribution is 5.50. The monoisotopic (exact) mass is 161 g/mol. The maximum Gasteiger partial charge on any atom is 0.145 e. The topological polar surface area (TPSA) is 52.3 Å². The Balaban J connectivity index is 0. The second-order valence-corrected chi connectivity index (χ2v) is 1.74. The van der Waals surface area contributed by atoms with Crippen LogP contribution in [-0.2, 0) is 9.53 Å². The molecular weight excluding hydrogens is 142 g/mol. The van der Waals surface area contributed by atoms with Crippen LogP contribution in [0.5, 0.6) is 0 Å². The molecule has 0 saturated carbocycles. The highest BCUT2D eigenvalue weighted by Gasteiger charge is 1.84. The van der Waals surface area contributed by atoms with Crippen LogP contribution in [0.1, 0.15) is 26.7 Å². The van der Waals surface area contributed by atoms with Crippen LogP contribution >= 0.6 is 0 Å². The number of nitrogens with two attached hydrogens (primary N) is 1. The lowest BCUT2D eigenvalue weighted by Gasteiger charge is -1.96. The molecule has 0 amide bonds. The van der Waals surface area contributed by atoms with Crippen LogP contribution in [0.3, 0.4) is 0 Å². The molecule has 2 N–H and O–H groups in total. The predicted octanol–water partition coefficient (Wildman–Crippen LogP) is 0.967. The van der Waals surface area contributed by atoms with Crippen LogP contribution in [-0.4, -0.2) is 26.0 Å². The van der Waals surface area contributed by atoms with Crippen LogP contribution in [0.4, 0.5) is 0 Å². The summed E-state index contributed by atoms with van der Waals surface area (Å²) in [6, 6.07) is 0. The quantitative estimate of drug-likeness (QED) is 0.466. The zero-order chi connectivity index (χ0) is 8.95. The molecule has 0 unspecified atom stereocenters. The van der Waals surface area contributed by atoms with Gasteiger partial charge in [0.15, 0.2) is 0 Å². The van der Waals surface area contributed by atoms with Crippen LogP contribution in [0.25, 0.3) is 0 Å². The lowest BCUT2D eigenvalue weighted by atomic mass is 10.3. The van der Waals surface area contributed by atoms with Gasteiger partial charge in [-0.25, -0.2) is 0 Å². The lowest BCUT2D eigenvalue weighted by molar-refractivity contribution is -0.111. The van der Waals surface area contributed by atoms with Crippen LogP contribution in [0.15, 0.2) is 0 Å². The van der Waals surface area contributed by atoms with Gasteiger partial charge in [-0.15, -0.1) is 0 Å². The molecule has 0 aliphatic carbocycles. The Morgan fingerprint density at radius 3 is 2.45 bits per heavy atom. The van der Waals surface area contributed by atoms with Crippen molar-refractivity contribution in [1.29, 1.82) is 0 Å². The van der Waals surface area contributed by atoms with E-state index < -0.39 is 0 Å². The Bertz CT molecular complexity index is 67.1. The first-order valence-electron chi connectivity index (χ1n) is 4.13. The summed E-state index contributed by atoms with van der Waals surface area (Å²) in [5.41, 5.74) is 5.22. The van der Waals surface area contributed by atoms with Crippen molar-refractivity contribution >= 4 is 6.29 Å². The standard InChI is InChI=1S/C6H13NO2.C2H6/c7-3-1-2-5-9-6-4-8;1-2/h4H,1-3,5-7H2;1-2H3. The summed E-state index contributed by atoms with van der Waals surface area (Å²) in [6.07, 6.45) is 2.67. The largest absolute Gasteiger partial charge is 0.374 e. The Morgan fingerprint density at radius 2 is 2.00 bits per heavy atom. The average molecular weight is 161 g/mol. The Labute approximate surface area is 68.9 Å². The van der Waals surface area contributed by atoms with Crippen LogP contribution in [0, 0.1) is 0 Å². The molecule has 0 fully saturated rings. The van der Waals surface area contributed by atoms with Gasteiger partial charge in [-0.2, -0.15) is 0 Å². The van der Waals surface area contributed by atoms with Gasteiger partial charge in [0.05, 0.1) is 0 Å². The third-order valence-electron chi connectivity index (χ3n) is 0.929. The zero-order valence-corrected chi connectivity index (χ0v) is 7.51. The van der Waals surface area contributed by atoms with Crippen molar-refractivity contribution in [2.24, 2.45) is 5.73 Å². The highest BCUT2D eigenvalue weighted by Crippen LogP contribution is 1.85. The number of rotatable bonds is 6. The van der Waals surface area contributed by atoms with Gasteiger partial charge in [-0.05, 0) is 19.4 Å². The molecule has 0 aromatic carbocycles. The van der Waals surface area contributed by atoms with E-state index in [4.69, 9.17) is 10.5 Å². The fourth-order valence-electron chi connectivity index (χ4n) is 0.480. The lowest BCUT2D eigenvalue weighted by Crippen LogP contribution is -2.02. The van der Waals surface area contributed by atoms with Gasteiger partial charge in [0, 0.05) is 6.61 Å². The first-order valence-corrected chi connectivity index (χ1v) is 4.13. The van der Waals surface area contributed by atoms with Gasteiger partial charge >= 0.3 is 0 Å². The van der Waals surface area contributed by atoms with Gasteiger partial charge in [0.1, 0.15) is 12.9 Å². The van der Waals surface area contributed by atoms with Gasteiger partial charge in [0.2, 0.25) is 0 Å². The first-order chi connectivity index (χ1) is 5.41. The molecule has 0 saturated heterocycles. The summed E-state index contributed by atoms with van der Waals surface area (Å²) >= 11 is 0. The van der Waals surface area contributed by atoms with E-state index in [1.54, 1.807) is 0 Å². The maximum absolute atomic E-state index is 9.69. The van der Waals surface area contributed by atoms with E-state index in [-0.39, 0.29) is 6.61 Å². The second-order valence-electron chi connectivity index (χ2n) is 1.74. The summed E-state index contributed by atoms with van der Waals surface area (Å²) in [5, 5.41) is 0. The third kappa shape index (κ3) is 17.7. The van der Waals surface area contributed by atoms with E-state index in [2.05, 4.69) is 0 Å². The number of ether oxygens (including phenoxy) is 1. The molecule has 0 heterocycles. The van der Waals surface area contributed by atoms with Crippen LogP contribution in [0.2, 0.25) is 0 Å². The molecule has 3 heteroatoms. The maximum atomic E-state index is 9.69. The molecule has 0 atom stereocenters. The number of hydrogen-bond acceptors (Lipinski definition) is 3. The predicted molar refractivity (Wildman–Crippen MR) is 46.5 cm³/mol. The van der Waals surface area contributed by atoms with E-state index in [1.165, 1.54) is 0 Å². The zero-order valence-electron chi connectivity index (χ0n) is 7.51. The molecule has 0 aromatic rings. The summed E-state index contributed by atoms with van der Waals surface area (Å²) in [4.78, 5) is 9.69. The van der Waals surface area contributed by atoms with Crippen molar-refractivity contribution in [1.82, 2.24) is 0 Å². The summed E-state index contributed by atoms with van der Waals surface area (Å²) < 4.78 is 4.86. The van der Waals surface area contributed by atoms with Crippen molar-refractivity contribution in [3.05, 3.63) is 0 Å². The smallest absolute Gasteiger partial charge is 0.145 e. The van der Waals surface area contributed by atoms with Gasteiger partial charge in [-0.3, -0.25) is 0 Å². The second kappa shape index (κ2) is 16.3.